The van der Waals surface area contributed by atoms with Gasteiger partial charge >= 0.3 is 5.97 Å². The van der Waals surface area contributed by atoms with Gasteiger partial charge in [-0.05, 0) is 36.4 Å². The number of benzene rings is 2. The predicted octanol–water partition coefficient (Wildman–Crippen LogP) is 2.74. The van der Waals surface area contributed by atoms with Crippen LogP contribution in [0, 0.1) is 0 Å². The van der Waals surface area contributed by atoms with Crippen LogP contribution in [0.25, 0.3) is 16.6 Å². The van der Waals surface area contributed by atoms with Crippen molar-refractivity contribution in [3.8, 4) is 5.69 Å². The van der Waals surface area contributed by atoms with Crippen LogP contribution in [0.5, 0.6) is 0 Å². The molecule has 0 aliphatic carbocycles. The number of nitrogens with zero attached hydrogens (tertiary/aromatic N) is 2. The second-order valence-electron chi connectivity index (χ2n) is 4.39. The van der Waals surface area contributed by atoms with E-state index < -0.39 is 17.1 Å². The molecule has 6 heteroatoms. The van der Waals surface area contributed by atoms with Crippen LogP contribution in [0.1, 0.15) is 10.5 Å². The molecule has 1 heterocycles. The summed E-state index contributed by atoms with van der Waals surface area (Å²) in [5.74, 6) is -1.35. The Morgan fingerprint density at radius 1 is 1.10 bits per heavy atom. The average Bonchev–Trinajstić information content (AvgIpc) is 2.49. The summed E-state index contributed by atoms with van der Waals surface area (Å²) in [4.78, 5) is 23.3. The number of rotatable bonds is 2. The number of fused-ring (bicyclic) bond motifs is 1. The molecule has 0 aliphatic rings. The van der Waals surface area contributed by atoms with E-state index in [1.165, 1.54) is 4.68 Å². The Morgan fingerprint density at radius 3 is 2.43 bits per heavy atom. The third kappa shape index (κ3) is 2.28. The molecule has 3 aromatic rings. The van der Waals surface area contributed by atoms with Gasteiger partial charge in [0.1, 0.15) is 0 Å². The molecule has 0 atom stereocenters. The van der Waals surface area contributed by atoms with Crippen molar-refractivity contribution in [3.63, 3.8) is 0 Å². The molecule has 0 saturated carbocycles. The summed E-state index contributed by atoms with van der Waals surface area (Å²) in [5, 5.41) is 14.0. The van der Waals surface area contributed by atoms with E-state index in [0.717, 1.165) is 0 Å². The number of para-hydroxylation sites is 1. The smallest absolute Gasteiger partial charge is 0.360 e. The molecular weight excluding hydrogens is 292 g/mol. The monoisotopic (exact) mass is 300 g/mol. The first-order valence-electron chi connectivity index (χ1n) is 6.09. The van der Waals surface area contributed by atoms with E-state index in [4.69, 9.17) is 16.7 Å². The zero-order valence-electron chi connectivity index (χ0n) is 10.7. The lowest BCUT2D eigenvalue weighted by Crippen LogP contribution is -2.22. The van der Waals surface area contributed by atoms with E-state index in [0.29, 0.717) is 21.6 Å². The zero-order chi connectivity index (χ0) is 15.0. The third-order valence-electron chi connectivity index (χ3n) is 3.07. The fourth-order valence-electron chi connectivity index (χ4n) is 2.10. The van der Waals surface area contributed by atoms with Crippen LogP contribution in [0.4, 0.5) is 0 Å². The molecule has 0 unspecified atom stereocenters. The normalized spacial score (nSPS) is 10.7. The number of carboxylic acid groups (broad SMARTS) is 1. The molecule has 0 aliphatic heterocycles. The second-order valence-corrected chi connectivity index (χ2v) is 4.82. The van der Waals surface area contributed by atoms with E-state index in [-0.39, 0.29) is 0 Å². The largest absolute Gasteiger partial charge is 0.476 e. The highest BCUT2D eigenvalue weighted by Crippen LogP contribution is 2.17. The summed E-state index contributed by atoms with van der Waals surface area (Å²) >= 11 is 5.85. The Morgan fingerprint density at radius 2 is 1.76 bits per heavy atom. The summed E-state index contributed by atoms with van der Waals surface area (Å²) in [6.07, 6.45) is 0. The van der Waals surface area contributed by atoms with Crippen LogP contribution in [-0.4, -0.2) is 20.9 Å². The van der Waals surface area contributed by atoms with Gasteiger partial charge in [0, 0.05) is 5.02 Å². The fraction of sp³-hybridized carbons (Fsp3) is 0. The molecule has 3 rings (SSSR count). The molecule has 0 saturated heterocycles. The van der Waals surface area contributed by atoms with Gasteiger partial charge in [-0.15, -0.1) is 0 Å². The first-order valence-corrected chi connectivity index (χ1v) is 6.47. The zero-order valence-corrected chi connectivity index (χ0v) is 11.4. The van der Waals surface area contributed by atoms with Crippen LogP contribution in [0.3, 0.4) is 0 Å². The van der Waals surface area contributed by atoms with Crippen molar-refractivity contribution in [1.82, 2.24) is 9.78 Å². The Labute approximate surface area is 124 Å². The Kier molecular flexibility index (Phi) is 3.19. The summed E-state index contributed by atoms with van der Waals surface area (Å²) < 4.78 is 1.43. The highest BCUT2D eigenvalue weighted by Gasteiger charge is 2.16. The minimum absolute atomic E-state index is 0.305. The quantitative estimate of drug-likeness (QED) is 0.790. The maximum Gasteiger partial charge on any atom is 0.360 e. The minimum atomic E-state index is -1.35. The number of carbonyl (C=O) groups is 1. The molecule has 0 radical (unpaired) electrons. The van der Waals surface area contributed by atoms with Gasteiger partial charge < -0.3 is 5.11 Å². The van der Waals surface area contributed by atoms with E-state index >= 15 is 0 Å². The SMILES string of the molecule is O=C(O)c1nn(-c2ccc(Cl)cc2)c2ccccc2c1=O. The van der Waals surface area contributed by atoms with Gasteiger partial charge in [-0.1, -0.05) is 23.7 Å². The maximum atomic E-state index is 12.1. The van der Waals surface area contributed by atoms with Crippen molar-refractivity contribution < 1.29 is 9.90 Å². The number of carboxylic acids is 1. The highest BCUT2D eigenvalue weighted by atomic mass is 35.5. The number of hydrogen-bond acceptors (Lipinski definition) is 3. The lowest BCUT2D eigenvalue weighted by molar-refractivity contribution is 0.0687. The van der Waals surface area contributed by atoms with Crippen molar-refractivity contribution in [2.24, 2.45) is 0 Å². The first kappa shape index (κ1) is 13.3. The summed E-state index contributed by atoms with van der Waals surface area (Å²) in [5.41, 5.74) is 0.0554. The van der Waals surface area contributed by atoms with Crippen molar-refractivity contribution in [3.05, 3.63) is 69.5 Å². The number of hydrogen-bond donors (Lipinski definition) is 1. The van der Waals surface area contributed by atoms with Crippen LogP contribution in [0.2, 0.25) is 5.02 Å². The molecule has 0 bridgehead atoms. The lowest BCUT2D eigenvalue weighted by atomic mass is 10.2. The second kappa shape index (κ2) is 5.03. The van der Waals surface area contributed by atoms with Crippen molar-refractivity contribution in [1.29, 1.82) is 0 Å². The number of aromatic carboxylic acids is 1. The fourth-order valence-corrected chi connectivity index (χ4v) is 2.22. The first-order chi connectivity index (χ1) is 10.1. The van der Waals surface area contributed by atoms with E-state index in [9.17, 15) is 9.59 Å². The van der Waals surface area contributed by atoms with Crippen LogP contribution >= 0.6 is 11.6 Å². The molecule has 0 spiro atoms. The van der Waals surface area contributed by atoms with Crippen molar-refractivity contribution in [2.75, 3.05) is 0 Å². The molecule has 1 aromatic heterocycles. The Balaban J connectivity index is 2.41. The van der Waals surface area contributed by atoms with E-state index in [1.807, 2.05) is 0 Å². The van der Waals surface area contributed by atoms with Gasteiger partial charge in [0.15, 0.2) is 0 Å². The molecule has 5 nitrogen and oxygen atoms in total. The summed E-state index contributed by atoms with van der Waals surface area (Å²) in [6.45, 7) is 0. The Hall–Kier alpha value is -2.66. The molecule has 0 fully saturated rings. The molecule has 1 N–H and O–H groups in total. The van der Waals surface area contributed by atoms with E-state index in [1.54, 1.807) is 48.5 Å². The molecule has 104 valence electrons. The number of halogens is 1. The van der Waals surface area contributed by atoms with Crippen LogP contribution in [0.15, 0.2) is 53.3 Å². The number of aromatic nitrogens is 2. The van der Waals surface area contributed by atoms with Gasteiger partial charge in [-0.3, -0.25) is 4.79 Å². The third-order valence-corrected chi connectivity index (χ3v) is 3.32. The average molecular weight is 301 g/mol. The predicted molar refractivity (Wildman–Crippen MR) is 79.3 cm³/mol. The lowest BCUT2D eigenvalue weighted by Gasteiger charge is -2.10. The van der Waals surface area contributed by atoms with Gasteiger partial charge in [-0.2, -0.15) is 5.10 Å². The van der Waals surface area contributed by atoms with Crippen LogP contribution in [-0.2, 0) is 0 Å². The standard InChI is InChI=1S/C15H9ClN2O3/c16-9-5-7-10(8-6-9)18-12-4-2-1-3-11(12)14(19)13(17-18)15(20)21/h1-8H,(H,20,21). The molecule has 21 heavy (non-hydrogen) atoms. The highest BCUT2D eigenvalue weighted by molar-refractivity contribution is 6.30. The topological polar surface area (TPSA) is 72.2 Å². The van der Waals surface area contributed by atoms with E-state index in [2.05, 4.69) is 5.10 Å². The maximum absolute atomic E-state index is 12.1. The van der Waals surface area contributed by atoms with Crippen LogP contribution < -0.4 is 5.43 Å². The summed E-state index contributed by atoms with van der Waals surface area (Å²) in [6, 6.07) is 13.5. The van der Waals surface area contributed by atoms with Crippen molar-refractivity contribution in [2.45, 2.75) is 0 Å². The molecule has 0 amide bonds. The van der Waals surface area contributed by atoms with Gasteiger partial charge in [0.25, 0.3) is 0 Å². The summed E-state index contributed by atoms with van der Waals surface area (Å²) in [7, 11) is 0. The van der Waals surface area contributed by atoms with Crippen molar-refractivity contribution >= 4 is 28.5 Å². The molecular formula is C15H9ClN2O3. The minimum Gasteiger partial charge on any atom is -0.476 e. The van der Waals surface area contributed by atoms with Gasteiger partial charge in [0.05, 0.1) is 16.6 Å². The van der Waals surface area contributed by atoms with Gasteiger partial charge in [-0.25, -0.2) is 9.48 Å². The van der Waals surface area contributed by atoms with Gasteiger partial charge in [0.2, 0.25) is 11.1 Å². The Bertz CT molecular complexity index is 901. The molecule has 2 aromatic carbocycles.